The summed E-state index contributed by atoms with van der Waals surface area (Å²) in [6, 6.07) is 6.33. The van der Waals surface area contributed by atoms with Crippen molar-refractivity contribution in [3.63, 3.8) is 0 Å². The fourth-order valence-electron chi connectivity index (χ4n) is 2.68. The second-order valence-electron chi connectivity index (χ2n) is 4.80. The molecule has 3 nitrogen and oxygen atoms in total. The summed E-state index contributed by atoms with van der Waals surface area (Å²) in [4.78, 5) is 6.72. The highest BCUT2D eigenvalue weighted by Gasteiger charge is 2.27. The molecule has 1 fully saturated rings. The van der Waals surface area contributed by atoms with Crippen LogP contribution in [-0.2, 0) is 6.54 Å². The predicted octanol–water partition coefficient (Wildman–Crippen LogP) is 2.21. The normalized spacial score (nSPS) is 25.1. The maximum Gasteiger partial charge on any atom is 0.0695 e. The van der Waals surface area contributed by atoms with Gasteiger partial charge in [-0.1, -0.05) is 25.8 Å². The lowest BCUT2D eigenvalue weighted by molar-refractivity contribution is 0.0177. The zero-order valence-corrected chi connectivity index (χ0v) is 10.5. The highest BCUT2D eigenvalue weighted by atomic mass is 16.3. The van der Waals surface area contributed by atoms with E-state index in [2.05, 4.69) is 22.9 Å². The Hall–Kier alpha value is -0.930. The molecule has 3 heteroatoms. The maximum absolute atomic E-state index is 10.1. The molecule has 0 radical (unpaired) electrons. The lowest BCUT2D eigenvalue weighted by atomic mass is 9.91. The van der Waals surface area contributed by atoms with Crippen LogP contribution in [0.5, 0.6) is 0 Å². The Balaban J connectivity index is 2.00. The summed E-state index contributed by atoms with van der Waals surface area (Å²) in [5, 5.41) is 10.1. The molecule has 2 atom stereocenters. The fourth-order valence-corrected chi connectivity index (χ4v) is 2.68. The van der Waals surface area contributed by atoms with Crippen LogP contribution in [0.25, 0.3) is 0 Å². The topological polar surface area (TPSA) is 36.4 Å². The van der Waals surface area contributed by atoms with Crippen LogP contribution >= 0.6 is 0 Å². The number of aromatic nitrogens is 1. The van der Waals surface area contributed by atoms with Gasteiger partial charge < -0.3 is 5.11 Å². The van der Waals surface area contributed by atoms with E-state index in [1.54, 1.807) is 0 Å². The first-order valence-electron chi connectivity index (χ1n) is 6.63. The average molecular weight is 234 g/mol. The van der Waals surface area contributed by atoms with Gasteiger partial charge in [0.05, 0.1) is 11.8 Å². The van der Waals surface area contributed by atoms with Crippen molar-refractivity contribution in [2.75, 3.05) is 6.54 Å². The molecule has 2 rings (SSSR count). The van der Waals surface area contributed by atoms with E-state index in [1.165, 1.54) is 12.8 Å². The number of rotatable bonds is 4. The number of likely N-dealkylation sites (N-methyl/N-ethyl adjacent to an activating group) is 1. The van der Waals surface area contributed by atoms with Gasteiger partial charge in [0.25, 0.3) is 0 Å². The lowest BCUT2D eigenvalue weighted by Crippen LogP contribution is -2.45. The SMILES string of the molecule is CCN(Cc1ccccn1)C1CCCCC1O. The monoisotopic (exact) mass is 234 g/mol. The van der Waals surface area contributed by atoms with Gasteiger partial charge in [-0.15, -0.1) is 0 Å². The Kier molecular flexibility index (Phi) is 4.51. The zero-order chi connectivity index (χ0) is 12.1. The number of hydrogen-bond acceptors (Lipinski definition) is 3. The Morgan fingerprint density at radius 2 is 2.18 bits per heavy atom. The summed E-state index contributed by atoms with van der Waals surface area (Å²) >= 11 is 0. The number of hydrogen-bond donors (Lipinski definition) is 1. The average Bonchev–Trinajstić information content (AvgIpc) is 2.38. The largest absolute Gasteiger partial charge is 0.391 e. The summed E-state index contributed by atoms with van der Waals surface area (Å²) in [6.07, 6.45) is 6.14. The van der Waals surface area contributed by atoms with Gasteiger partial charge in [-0.2, -0.15) is 0 Å². The Morgan fingerprint density at radius 1 is 1.35 bits per heavy atom. The molecule has 1 aliphatic carbocycles. The molecule has 1 aromatic heterocycles. The fraction of sp³-hybridized carbons (Fsp3) is 0.643. The molecule has 0 aromatic carbocycles. The van der Waals surface area contributed by atoms with Gasteiger partial charge >= 0.3 is 0 Å². The number of pyridine rings is 1. The van der Waals surface area contributed by atoms with Crippen LogP contribution in [0.4, 0.5) is 0 Å². The standard InChI is InChI=1S/C14H22N2O/c1-2-16(11-12-7-5-6-10-15-12)13-8-3-4-9-14(13)17/h5-7,10,13-14,17H,2-4,8-9,11H2,1H3. The molecule has 1 heterocycles. The molecule has 1 aliphatic rings. The molecule has 94 valence electrons. The van der Waals surface area contributed by atoms with Crippen molar-refractivity contribution in [1.29, 1.82) is 0 Å². The number of aliphatic hydroxyl groups is 1. The molecular formula is C14H22N2O. The first-order chi connectivity index (χ1) is 8.31. The molecule has 0 saturated heterocycles. The quantitative estimate of drug-likeness (QED) is 0.867. The van der Waals surface area contributed by atoms with Crippen LogP contribution in [0.3, 0.4) is 0 Å². The highest BCUT2D eigenvalue weighted by Crippen LogP contribution is 2.24. The molecule has 0 aliphatic heterocycles. The van der Waals surface area contributed by atoms with Crippen molar-refractivity contribution in [3.05, 3.63) is 30.1 Å². The Morgan fingerprint density at radius 3 is 2.82 bits per heavy atom. The number of nitrogens with zero attached hydrogens (tertiary/aromatic N) is 2. The second-order valence-corrected chi connectivity index (χ2v) is 4.80. The summed E-state index contributed by atoms with van der Waals surface area (Å²) in [6.45, 7) is 3.97. The van der Waals surface area contributed by atoms with Gasteiger partial charge in [0.15, 0.2) is 0 Å². The van der Waals surface area contributed by atoms with Gasteiger partial charge in [0.1, 0.15) is 0 Å². The lowest BCUT2D eigenvalue weighted by Gasteiger charge is -2.36. The van der Waals surface area contributed by atoms with Crippen LogP contribution in [0.2, 0.25) is 0 Å². The minimum absolute atomic E-state index is 0.160. The van der Waals surface area contributed by atoms with Crippen molar-refractivity contribution in [1.82, 2.24) is 9.88 Å². The highest BCUT2D eigenvalue weighted by molar-refractivity contribution is 5.03. The molecule has 17 heavy (non-hydrogen) atoms. The zero-order valence-electron chi connectivity index (χ0n) is 10.5. The summed E-state index contributed by atoms with van der Waals surface area (Å²) in [7, 11) is 0. The van der Waals surface area contributed by atoms with E-state index in [9.17, 15) is 5.11 Å². The third-order valence-electron chi connectivity index (χ3n) is 3.66. The number of aliphatic hydroxyl groups excluding tert-OH is 1. The van der Waals surface area contributed by atoms with Crippen LogP contribution in [0, 0.1) is 0 Å². The first-order valence-corrected chi connectivity index (χ1v) is 6.63. The minimum Gasteiger partial charge on any atom is -0.391 e. The maximum atomic E-state index is 10.1. The van der Waals surface area contributed by atoms with Gasteiger partial charge in [-0.05, 0) is 31.5 Å². The van der Waals surface area contributed by atoms with Gasteiger partial charge in [-0.25, -0.2) is 0 Å². The van der Waals surface area contributed by atoms with Crippen molar-refractivity contribution in [3.8, 4) is 0 Å². The Labute approximate surface area is 103 Å². The molecular weight excluding hydrogens is 212 g/mol. The predicted molar refractivity (Wildman–Crippen MR) is 68.6 cm³/mol. The van der Waals surface area contributed by atoms with Crippen LogP contribution in [0.1, 0.15) is 38.3 Å². The third kappa shape index (κ3) is 3.27. The third-order valence-corrected chi connectivity index (χ3v) is 3.66. The molecule has 0 spiro atoms. The molecule has 2 unspecified atom stereocenters. The molecule has 1 N–H and O–H groups in total. The van der Waals surface area contributed by atoms with Gasteiger partial charge in [-0.3, -0.25) is 9.88 Å². The molecule has 0 amide bonds. The van der Waals surface area contributed by atoms with E-state index in [1.807, 2.05) is 18.3 Å². The molecule has 1 aromatic rings. The smallest absolute Gasteiger partial charge is 0.0695 e. The van der Waals surface area contributed by atoms with E-state index in [0.29, 0.717) is 6.04 Å². The minimum atomic E-state index is -0.160. The Bertz CT molecular complexity index is 328. The summed E-state index contributed by atoms with van der Waals surface area (Å²) in [5.41, 5.74) is 1.09. The van der Waals surface area contributed by atoms with E-state index < -0.39 is 0 Å². The van der Waals surface area contributed by atoms with Crippen molar-refractivity contribution in [2.45, 2.75) is 51.3 Å². The summed E-state index contributed by atoms with van der Waals surface area (Å²) < 4.78 is 0. The molecule has 0 bridgehead atoms. The van der Waals surface area contributed by atoms with Crippen LogP contribution in [-0.4, -0.2) is 33.7 Å². The van der Waals surface area contributed by atoms with Crippen LogP contribution < -0.4 is 0 Å². The van der Waals surface area contributed by atoms with E-state index >= 15 is 0 Å². The van der Waals surface area contributed by atoms with E-state index in [4.69, 9.17) is 0 Å². The second kappa shape index (κ2) is 6.12. The van der Waals surface area contributed by atoms with E-state index in [-0.39, 0.29) is 6.10 Å². The van der Waals surface area contributed by atoms with E-state index in [0.717, 1.165) is 31.6 Å². The van der Waals surface area contributed by atoms with Crippen LogP contribution in [0.15, 0.2) is 24.4 Å². The van der Waals surface area contributed by atoms with Crippen molar-refractivity contribution >= 4 is 0 Å². The first kappa shape index (κ1) is 12.5. The molecule has 1 saturated carbocycles. The van der Waals surface area contributed by atoms with Crippen molar-refractivity contribution in [2.24, 2.45) is 0 Å². The van der Waals surface area contributed by atoms with Gasteiger partial charge in [0.2, 0.25) is 0 Å². The van der Waals surface area contributed by atoms with Crippen molar-refractivity contribution < 1.29 is 5.11 Å². The van der Waals surface area contributed by atoms with Gasteiger partial charge in [0, 0.05) is 18.8 Å². The summed E-state index contributed by atoms with van der Waals surface area (Å²) in [5.74, 6) is 0.